The van der Waals surface area contributed by atoms with Gasteiger partial charge in [0.15, 0.2) is 5.82 Å². The Kier molecular flexibility index (Phi) is 3.24. The molecular weight excluding hydrogens is 242 g/mol. The first-order valence-corrected chi connectivity index (χ1v) is 6.30. The predicted octanol–water partition coefficient (Wildman–Crippen LogP) is 1.02. The Hall–Kier alpha value is -2.21. The molecule has 0 saturated carbocycles. The van der Waals surface area contributed by atoms with Crippen LogP contribution in [0.4, 0.5) is 5.69 Å². The molecule has 98 valence electrons. The van der Waals surface area contributed by atoms with E-state index in [1.54, 1.807) is 0 Å². The smallest absolute Gasteiger partial charge is 0.228 e. The zero-order valence-corrected chi connectivity index (χ0v) is 10.4. The summed E-state index contributed by atoms with van der Waals surface area (Å²) in [5.74, 6) is 0.826. The number of amides is 1. The average Bonchev–Trinajstić information content (AvgIpc) is 3.13. The van der Waals surface area contributed by atoms with Crippen molar-refractivity contribution in [2.24, 2.45) is 5.92 Å². The minimum Gasteiger partial charge on any atom is -0.326 e. The van der Waals surface area contributed by atoms with Gasteiger partial charge in [-0.15, -0.1) is 0 Å². The third-order valence-corrected chi connectivity index (χ3v) is 3.25. The van der Waals surface area contributed by atoms with E-state index in [9.17, 15) is 4.79 Å². The fourth-order valence-electron chi connectivity index (χ4n) is 2.21. The van der Waals surface area contributed by atoms with E-state index in [4.69, 9.17) is 0 Å². The fraction of sp³-hybridized carbons (Fsp3) is 0.308. The molecule has 3 N–H and O–H groups in total. The highest BCUT2D eigenvalue weighted by atomic mass is 16.1. The number of hydrogen-bond donors (Lipinski definition) is 3. The zero-order chi connectivity index (χ0) is 13.1. The molecule has 1 aliphatic heterocycles. The first kappa shape index (κ1) is 11.9. The Bertz CT molecular complexity index is 560. The molecule has 1 aromatic heterocycles. The van der Waals surface area contributed by atoms with Crippen LogP contribution >= 0.6 is 0 Å². The van der Waals surface area contributed by atoms with Crippen molar-refractivity contribution in [2.45, 2.75) is 6.42 Å². The van der Waals surface area contributed by atoms with Crippen LogP contribution in [-0.4, -0.2) is 34.2 Å². The third kappa shape index (κ3) is 2.63. The van der Waals surface area contributed by atoms with Gasteiger partial charge in [-0.25, -0.2) is 4.98 Å². The van der Waals surface area contributed by atoms with Crippen LogP contribution in [0.2, 0.25) is 0 Å². The maximum absolute atomic E-state index is 12.0. The lowest BCUT2D eigenvalue weighted by atomic mass is 10.1. The predicted molar refractivity (Wildman–Crippen MR) is 71.4 cm³/mol. The third-order valence-electron chi connectivity index (χ3n) is 3.25. The second-order valence-electron chi connectivity index (χ2n) is 4.59. The SMILES string of the molecule is O=C(Nc1cccc(-c2ncn[nH]2)c1)C1CCNC1. The standard InChI is InChI=1S/C13H15N5O/c19-13(10-4-5-14-7-10)17-11-3-1-2-9(6-11)12-15-8-16-18-12/h1-3,6,8,10,14H,4-5,7H2,(H,17,19)(H,15,16,18). The van der Waals surface area contributed by atoms with Crippen LogP contribution in [-0.2, 0) is 4.79 Å². The summed E-state index contributed by atoms with van der Waals surface area (Å²) in [7, 11) is 0. The van der Waals surface area contributed by atoms with Crippen molar-refractivity contribution in [3.8, 4) is 11.4 Å². The molecule has 1 saturated heterocycles. The Morgan fingerprint density at radius 1 is 1.42 bits per heavy atom. The van der Waals surface area contributed by atoms with Crippen molar-refractivity contribution in [2.75, 3.05) is 18.4 Å². The van der Waals surface area contributed by atoms with Gasteiger partial charge >= 0.3 is 0 Å². The van der Waals surface area contributed by atoms with Crippen LogP contribution in [0.25, 0.3) is 11.4 Å². The Morgan fingerprint density at radius 2 is 2.37 bits per heavy atom. The summed E-state index contributed by atoms with van der Waals surface area (Å²) in [5.41, 5.74) is 1.69. The quantitative estimate of drug-likeness (QED) is 0.766. The largest absolute Gasteiger partial charge is 0.326 e. The van der Waals surface area contributed by atoms with E-state index in [1.165, 1.54) is 6.33 Å². The second kappa shape index (κ2) is 5.19. The van der Waals surface area contributed by atoms with Crippen LogP contribution in [0.1, 0.15) is 6.42 Å². The van der Waals surface area contributed by atoms with E-state index in [-0.39, 0.29) is 11.8 Å². The summed E-state index contributed by atoms with van der Waals surface area (Å²) in [6.07, 6.45) is 2.36. The number of nitrogens with one attached hydrogen (secondary N) is 3. The van der Waals surface area contributed by atoms with E-state index in [1.807, 2.05) is 24.3 Å². The lowest BCUT2D eigenvalue weighted by molar-refractivity contribution is -0.119. The molecule has 1 amide bonds. The average molecular weight is 257 g/mol. The number of benzene rings is 1. The molecule has 0 bridgehead atoms. The molecule has 2 aromatic rings. The highest BCUT2D eigenvalue weighted by Gasteiger charge is 2.22. The number of aromatic amines is 1. The summed E-state index contributed by atoms with van der Waals surface area (Å²) in [6, 6.07) is 7.58. The maximum Gasteiger partial charge on any atom is 0.228 e. The van der Waals surface area contributed by atoms with Crippen LogP contribution in [0, 0.1) is 5.92 Å². The lowest BCUT2D eigenvalue weighted by Gasteiger charge is -2.10. The molecule has 0 aliphatic carbocycles. The zero-order valence-electron chi connectivity index (χ0n) is 10.4. The van der Waals surface area contributed by atoms with Gasteiger partial charge in [0.25, 0.3) is 0 Å². The number of anilines is 1. The van der Waals surface area contributed by atoms with Crippen LogP contribution in [0.3, 0.4) is 0 Å². The second-order valence-corrected chi connectivity index (χ2v) is 4.59. The van der Waals surface area contributed by atoms with Crippen molar-refractivity contribution in [1.29, 1.82) is 0 Å². The molecule has 1 aliphatic rings. The van der Waals surface area contributed by atoms with E-state index in [0.29, 0.717) is 5.82 Å². The van der Waals surface area contributed by atoms with Crippen molar-refractivity contribution in [3.63, 3.8) is 0 Å². The highest BCUT2D eigenvalue weighted by molar-refractivity contribution is 5.93. The summed E-state index contributed by atoms with van der Waals surface area (Å²) < 4.78 is 0. The van der Waals surface area contributed by atoms with Crippen molar-refractivity contribution < 1.29 is 4.79 Å². The van der Waals surface area contributed by atoms with Crippen LogP contribution < -0.4 is 10.6 Å². The molecule has 0 spiro atoms. The van der Waals surface area contributed by atoms with Gasteiger partial charge < -0.3 is 10.6 Å². The highest BCUT2D eigenvalue weighted by Crippen LogP contribution is 2.19. The van der Waals surface area contributed by atoms with Gasteiger partial charge in [-0.2, -0.15) is 5.10 Å². The Balaban J connectivity index is 1.74. The van der Waals surface area contributed by atoms with Gasteiger partial charge in [-0.1, -0.05) is 12.1 Å². The van der Waals surface area contributed by atoms with Crippen molar-refractivity contribution in [1.82, 2.24) is 20.5 Å². The minimum absolute atomic E-state index is 0.0638. The molecule has 1 atom stereocenters. The molecule has 6 heteroatoms. The molecule has 6 nitrogen and oxygen atoms in total. The molecule has 1 aromatic carbocycles. The molecule has 19 heavy (non-hydrogen) atoms. The minimum atomic E-state index is 0.0638. The normalized spacial score (nSPS) is 18.4. The molecule has 3 rings (SSSR count). The topological polar surface area (TPSA) is 82.7 Å². The molecule has 2 heterocycles. The van der Waals surface area contributed by atoms with Crippen LogP contribution in [0.5, 0.6) is 0 Å². The summed E-state index contributed by atoms with van der Waals surface area (Å²) in [5, 5.41) is 12.8. The number of nitrogens with zero attached hydrogens (tertiary/aromatic N) is 2. The van der Waals surface area contributed by atoms with Gasteiger partial charge in [0.2, 0.25) is 5.91 Å². The fourth-order valence-corrected chi connectivity index (χ4v) is 2.21. The maximum atomic E-state index is 12.0. The van der Waals surface area contributed by atoms with Gasteiger partial charge in [0, 0.05) is 17.8 Å². The number of H-pyrrole nitrogens is 1. The number of hydrogen-bond acceptors (Lipinski definition) is 4. The number of rotatable bonds is 3. The number of aromatic nitrogens is 3. The number of carbonyl (C=O) groups is 1. The van der Waals surface area contributed by atoms with E-state index < -0.39 is 0 Å². The van der Waals surface area contributed by atoms with Gasteiger partial charge in [-0.3, -0.25) is 9.89 Å². The monoisotopic (exact) mass is 257 g/mol. The van der Waals surface area contributed by atoms with Gasteiger partial charge in [-0.05, 0) is 25.1 Å². The van der Waals surface area contributed by atoms with E-state index in [2.05, 4.69) is 25.8 Å². The van der Waals surface area contributed by atoms with Crippen LogP contribution in [0.15, 0.2) is 30.6 Å². The van der Waals surface area contributed by atoms with Crippen molar-refractivity contribution >= 4 is 11.6 Å². The van der Waals surface area contributed by atoms with Crippen molar-refractivity contribution in [3.05, 3.63) is 30.6 Å². The van der Waals surface area contributed by atoms with Gasteiger partial charge in [0.05, 0.1) is 5.92 Å². The lowest BCUT2D eigenvalue weighted by Crippen LogP contribution is -2.24. The van der Waals surface area contributed by atoms with E-state index >= 15 is 0 Å². The molecule has 1 fully saturated rings. The Morgan fingerprint density at radius 3 is 3.11 bits per heavy atom. The molecular formula is C13H15N5O. The first-order chi connectivity index (χ1) is 9.33. The van der Waals surface area contributed by atoms with Gasteiger partial charge in [0.1, 0.15) is 6.33 Å². The summed E-state index contributed by atoms with van der Waals surface area (Å²) >= 11 is 0. The summed E-state index contributed by atoms with van der Waals surface area (Å²) in [6.45, 7) is 1.67. The Labute approximate surface area is 110 Å². The van der Waals surface area contributed by atoms with E-state index in [0.717, 1.165) is 30.8 Å². The number of carbonyl (C=O) groups excluding carboxylic acids is 1. The summed E-state index contributed by atoms with van der Waals surface area (Å²) in [4.78, 5) is 16.1. The first-order valence-electron chi connectivity index (χ1n) is 6.30. The molecule has 1 unspecified atom stereocenters. The molecule has 0 radical (unpaired) electrons.